The minimum atomic E-state index is 0.927. The molecule has 0 amide bonds. The minimum absolute atomic E-state index is 0.927. The molecule has 0 saturated carbocycles. The molecule has 2 rings (SSSR count). The molecule has 2 aromatic rings. The maximum Gasteiger partial charge on any atom is 0.0830 e. The average Bonchev–Trinajstić information content (AvgIpc) is 2.63. The van der Waals surface area contributed by atoms with Gasteiger partial charge in [0, 0.05) is 17.7 Å². The van der Waals surface area contributed by atoms with Crippen LogP contribution in [-0.2, 0) is 19.9 Å². The number of aryl methyl sites for hydroxylation is 3. The summed E-state index contributed by atoms with van der Waals surface area (Å²) in [5.74, 6) is 0. The molecule has 0 unspecified atom stereocenters. The molecule has 15 heavy (non-hydrogen) atoms. The number of halogens is 1. The van der Waals surface area contributed by atoms with E-state index in [0.717, 1.165) is 23.0 Å². The van der Waals surface area contributed by atoms with Crippen LogP contribution >= 0.6 is 15.9 Å². The highest BCUT2D eigenvalue weighted by Crippen LogP contribution is 2.17. The standard InChI is InChI=1S/C11H12BrN3/c1-15-8-10(13-14-15)7-6-9-4-2-3-5-11(9)12/h2-5,8H,6-7H2,1H3. The van der Waals surface area contributed by atoms with Crippen LogP contribution in [0.2, 0.25) is 0 Å². The molecule has 1 aromatic heterocycles. The molecule has 0 saturated heterocycles. The molecular formula is C11H12BrN3. The SMILES string of the molecule is Cn1cc(CCc2ccccc2Br)nn1. The lowest BCUT2D eigenvalue weighted by Gasteiger charge is -2.01. The zero-order valence-corrected chi connectivity index (χ0v) is 10.1. The van der Waals surface area contributed by atoms with E-state index in [1.165, 1.54) is 5.56 Å². The van der Waals surface area contributed by atoms with Crippen molar-refractivity contribution in [3.63, 3.8) is 0 Å². The van der Waals surface area contributed by atoms with E-state index in [1.54, 1.807) is 4.68 Å². The van der Waals surface area contributed by atoms with Crippen LogP contribution in [0.3, 0.4) is 0 Å². The van der Waals surface area contributed by atoms with Gasteiger partial charge in [0.05, 0.1) is 5.69 Å². The van der Waals surface area contributed by atoms with E-state index >= 15 is 0 Å². The van der Waals surface area contributed by atoms with Crippen LogP contribution in [0.15, 0.2) is 34.9 Å². The smallest absolute Gasteiger partial charge is 0.0830 e. The van der Waals surface area contributed by atoms with Gasteiger partial charge in [0.25, 0.3) is 0 Å². The van der Waals surface area contributed by atoms with Crippen LogP contribution in [0.1, 0.15) is 11.3 Å². The van der Waals surface area contributed by atoms with Crippen LogP contribution in [0.4, 0.5) is 0 Å². The van der Waals surface area contributed by atoms with Gasteiger partial charge in [-0.3, -0.25) is 4.68 Å². The highest BCUT2D eigenvalue weighted by atomic mass is 79.9. The molecule has 0 aliphatic heterocycles. The normalized spacial score (nSPS) is 10.5. The first-order valence-corrected chi connectivity index (χ1v) is 5.63. The van der Waals surface area contributed by atoms with Crippen molar-refractivity contribution < 1.29 is 0 Å². The average molecular weight is 266 g/mol. The van der Waals surface area contributed by atoms with Crippen LogP contribution < -0.4 is 0 Å². The van der Waals surface area contributed by atoms with E-state index in [-0.39, 0.29) is 0 Å². The van der Waals surface area contributed by atoms with Crippen molar-refractivity contribution in [2.75, 3.05) is 0 Å². The Labute approximate surface area is 97.2 Å². The Kier molecular flexibility index (Phi) is 3.16. The van der Waals surface area contributed by atoms with E-state index in [0.29, 0.717) is 0 Å². The number of hydrogen-bond donors (Lipinski definition) is 0. The highest BCUT2D eigenvalue weighted by Gasteiger charge is 2.01. The van der Waals surface area contributed by atoms with Gasteiger partial charge in [0.15, 0.2) is 0 Å². The fraction of sp³-hybridized carbons (Fsp3) is 0.273. The summed E-state index contributed by atoms with van der Waals surface area (Å²) in [6, 6.07) is 8.26. The maximum absolute atomic E-state index is 4.06. The van der Waals surface area contributed by atoms with Gasteiger partial charge in [0.2, 0.25) is 0 Å². The monoisotopic (exact) mass is 265 g/mol. The first-order chi connectivity index (χ1) is 7.25. The maximum atomic E-state index is 4.06. The summed E-state index contributed by atoms with van der Waals surface area (Å²) in [5, 5.41) is 7.96. The van der Waals surface area contributed by atoms with Crippen molar-refractivity contribution in [2.24, 2.45) is 7.05 Å². The van der Waals surface area contributed by atoms with Crippen molar-refractivity contribution in [3.8, 4) is 0 Å². The van der Waals surface area contributed by atoms with E-state index < -0.39 is 0 Å². The first kappa shape index (κ1) is 10.4. The predicted molar refractivity (Wildman–Crippen MR) is 62.6 cm³/mol. The number of benzene rings is 1. The third-order valence-corrected chi connectivity index (χ3v) is 3.03. The van der Waals surface area contributed by atoms with Crippen LogP contribution in [-0.4, -0.2) is 15.0 Å². The quantitative estimate of drug-likeness (QED) is 0.853. The molecule has 0 aliphatic carbocycles. The number of rotatable bonds is 3. The highest BCUT2D eigenvalue weighted by molar-refractivity contribution is 9.10. The molecule has 78 valence electrons. The lowest BCUT2D eigenvalue weighted by atomic mass is 10.1. The lowest BCUT2D eigenvalue weighted by molar-refractivity contribution is 0.713. The molecule has 0 radical (unpaired) electrons. The largest absolute Gasteiger partial charge is 0.255 e. The van der Waals surface area contributed by atoms with Gasteiger partial charge >= 0.3 is 0 Å². The number of nitrogens with zero attached hydrogens (tertiary/aromatic N) is 3. The molecule has 4 heteroatoms. The lowest BCUT2D eigenvalue weighted by Crippen LogP contribution is -1.92. The van der Waals surface area contributed by atoms with Crippen LogP contribution in [0.25, 0.3) is 0 Å². The van der Waals surface area contributed by atoms with Crippen molar-refractivity contribution in [1.29, 1.82) is 0 Å². The molecular weight excluding hydrogens is 254 g/mol. The molecule has 0 atom stereocenters. The Morgan fingerprint density at radius 1 is 1.27 bits per heavy atom. The van der Waals surface area contributed by atoms with E-state index in [4.69, 9.17) is 0 Å². The summed E-state index contributed by atoms with van der Waals surface area (Å²) in [4.78, 5) is 0. The fourth-order valence-electron chi connectivity index (χ4n) is 1.47. The molecule has 3 nitrogen and oxygen atoms in total. The Hall–Kier alpha value is -1.16. The predicted octanol–water partition coefficient (Wildman–Crippen LogP) is 2.36. The molecule has 0 aliphatic rings. The molecule has 1 aromatic carbocycles. The van der Waals surface area contributed by atoms with Crippen molar-refractivity contribution in [2.45, 2.75) is 12.8 Å². The summed E-state index contributed by atoms with van der Waals surface area (Å²) in [5.41, 5.74) is 2.34. The van der Waals surface area contributed by atoms with Crippen LogP contribution in [0, 0.1) is 0 Å². The summed E-state index contributed by atoms with van der Waals surface area (Å²) >= 11 is 3.53. The Morgan fingerprint density at radius 3 is 2.73 bits per heavy atom. The van der Waals surface area contributed by atoms with Gasteiger partial charge in [-0.25, -0.2) is 0 Å². The van der Waals surface area contributed by atoms with E-state index in [9.17, 15) is 0 Å². The summed E-state index contributed by atoms with van der Waals surface area (Å²) in [7, 11) is 1.88. The molecule has 1 heterocycles. The topological polar surface area (TPSA) is 30.7 Å². The van der Waals surface area contributed by atoms with Crippen LogP contribution in [0.5, 0.6) is 0 Å². The van der Waals surface area contributed by atoms with Crippen molar-refractivity contribution >= 4 is 15.9 Å². The Morgan fingerprint density at radius 2 is 2.07 bits per heavy atom. The third-order valence-electron chi connectivity index (χ3n) is 2.26. The van der Waals surface area contributed by atoms with Crippen molar-refractivity contribution in [1.82, 2.24) is 15.0 Å². The van der Waals surface area contributed by atoms with Gasteiger partial charge in [0.1, 0.15) is 0 Å². The van der Waals surface area contributed by atoms with E-state index in [1.807, 2.05) is 19.3 Å². The van der Waals surface area contributed by atoms with Gasteiger partial charge in [-0.15, -0.1) is 5.10 Å². The number of hydrogen-bond acceptors (Lipinski definition) is 2. The third kappa shape index (κ3) is 2.65. The molecule has 0 bridgehead atoms. The minimum Gasteiger partial charge on any atom is -0.255 e. The summed E-state index contributed by atoms with van der Waals surface area (Å²) in [6.07, 6.45) is 3.87. The molecule has 0 fully saturated rings. The fourth-order valence-corrected chi connectivity index (χ4v) is 1.96. The Balaban J connectivity index is 2.02. The summed E-state index contributed by atoms with van der Waals surface area (Å²) < 4.78 is 2.89. The Bertz CT molecular complexity index is 451. The zero-order valence-electron chi connectivity index (χ0n) is 8.52. The first-order valence-electron chi connectivity index (χ1n) is 4.84. The van der Waals surface area contributed by atoms with Gasteiger partial charge in [-0.05, 0) is 24.5 Å². The zero-order chi connectivity index (χ0) is 10.7. The second-order valence-corrected chi connectivity index (χ2v) is 4.33. The number of aromatic nitrogens is 3. The van der Waals surface area contributed by atoms with E-state index in [2.05, 4.69) is 44.4 Å². The summed E-state index contributed by atoms with van der Waals surface area (Å²) in [6.45, 7) is 0. The van der Waals surface area contributed by atoms with Gasteiger partial charge < -0.3 is 0 Å². The molecule has 0 N–H and O–H groups in total. The van der Waals surface area contributed by atoms with Gasteiger partial charge in [-0.2, -0.15) is 0 Å². The van der Waals surface area contributed by atoms with Gasteiger partial charge in [-0.1, -0.05) is 39.3 Å². The van der Waals surface area contributed by atoms with Crippen molar-refractivity contribution in [3.05, 3.63) is 46.2 Å². The molecule has 0 spiro atoms. The second-order valence-electron chi connectivity index (χ2n) is 3.47. The second kappa shape index (κ2) is 4.57.